The fraction of sp³-hybridized carbons (Fsp3) is 0.548. The molecule has 0 aromatic heterocycles. The van der Waals surface area contributed by atoms with E-state index in [9.17, 15) is 14.7 Å². The maximum absolute atomic E-state index is 13.6. The number of carboxylic acids is 1. The first-order chi connectivity index (χ1) is 18.4. The fourth-order valence-electron chi connectivity index (χ4n) is 5.29. The molecule has 2 aromatic carbocycles. The Balaban J connectivity index is 1.94. The van der Waals surface area contributed by atoms with E-state index in [0.29, 0.717) is 18.9 Å². The minimum absolute atomic E-state index is 0.0681. The first-order valence-corrected chi connectivity index (χ1v) is 14.0. The number of carbonyl (C=O) groups excluding carboxylic acids is 1. The zero-order valence-corrected chi connectivity index (χ0v) is 23.4. The van der Waals surface area contributed by atoms with E-state index in [-0.39, 0.29) is 18.4 Å². The highest BCUT2D eigenvalue weighted by atomic mass is 16.5. The van der Waals surface area contributed by atoms with E-state index >= 15 is 0 Å². The number of carboxylic acid groups (broad SMARTS) is 1. The number of methoxy groups -OCH3 is 1. The summed E-state index contributed by atoms with van der Waals surface area (Å²) in [6, 6.07) is 14.9. The van der Waals surface area contributed by atoms with Gasteiger partial charge in [-0.2, -0.15) is 0 Å². The molecule has 38 heavy (non-hydrogen) atoms. The number of hydrogen-bond acceptors (Lipinski definition) is 5. The van der Waals surface area contributed by atoms with Gasteiger partial charge in [-0.05, 0) is 54.7 Å². The molecule has 3 unspecified atom stereocenters. The molecule has 1 N–H and O–H groups in total. The van der Waals surface area contributed by atoms with Crippen LogP contribution in [0.1, 0.15) is 76.0 Å². The van der Waals surface area contributed by atoms with Crippen LogP contribution in [0.3, 0.4) is 0 Å². The predicted octanol–water partition coefficient (Wildman–Crippen LogP) is 5.75. The van der Waals surface area contributed by atoms with Crippen LogP contribution in [0.4, 0.5) is 0 Å². The van der Waals surface area contributed by atoms with Crippen molar-refractivity contribution in [2.45, 2.75) is 64.8 Å². The Morgan fingerprint density at radius 2 is 1.47 bits per heavy atom. The van der Waals surface area contributed by atoms with Crippen molar-refractivity contribution in [1.82, 2.24) is 9.80 Å². The number of ether oxygens (including phenoxy) is 2. The molecule has 3 atom stereocenters. The summed E-state index contributed by atoms with van der Waals surface area (Å²) < 4.78 is 11.1. The van der Waals surface area contributed by atoms with Gasteiger partial charge >= 0.3 is 5.97 Å². The topological polar surface area (TPSA) is 79.3 Å². The van der Waals surface area contributed by atoms with Crippen molar-refractivity contribution in [1.29, 1.82) is 0 Å². The first-order valence-electron chi connectivity index (χ1n) is 14.0. The summed E-state index contributed by atoms with van der Waals surface area (Å²) in [5.41, 5.74) is 1.83. The number of likely N-dealkylation sites (tertiary alicyclic amines) is 1. The molecule has 0 radical (unpaired) electrons. The lowest BCUT2D eigenvalue weighted by atomic mass is 9.83. The second-order valence-corrected chi connectivity index (χ2v) is 10.1. The molecule has 1 aliphatic heterocycles. The molecule has 3 rings (SSSR count). The zero-order valence-electron chi connectivity index (χ0n) is 23.4. The smallest absolute Gasteiger partial charge is 0.309 e. The van der Waals surface area contributed by atoms with Gasteiger partial charge in [-0.15, -0.1) is 0 Å². The number of carbonyl (C=O) groups is 2. The maximum Gasteiger partial charge on any atom is 0.309 e. The quantitative estimate of drug-likeness (QED) is 0.319. The lowest BCUT2D eigenvalue weighted by Crippen LogP contribution is -2.42. The van der Waals surface area contributed by atoms with Gasteiger partial charge in [0.15, 0.2) is 0 Å². The van der Waals surface area contributed by atoms with Gasteiger partial charge in [0.1, 0.15) is 11.5 Å². The average molecular weight is 525 g/mol. The highest BCUT2D eigenvalue weighted by Gasteiger charge is 2.48. The molecule has 208 valence electrons. The molecule has 1 amide bonds. The van der Waals surface area contributed by atoms with E-state index in [2.05, 4.69) is 25.7 Å². The molecular formula is C31H44N2O5. The summed E-state index contributed by atoms with van der Waals surface area (Å²) in [6.45, 7) is 9.12. The van der Waals surface area contributed by atoms with Crippen molar-refractivity contribution in [3.8, 4) is 11.5 Å². The molecule has 0 aliphatic carbocycles. The summed E-state index contributed by atoms with van der Waals surface area (Å²) in [5, 5.41) is 10.5. The lowest BCUT2D eigenvalue weighted by Gasteiger charge is -2.30. The maximum atomic E-state index is 13.6. The van der Waals surface area contributed by atoms with Gasteiger partial charge in [-0.25, -0.2) is 0 Å². The first kappa shape index (κ1) is 29.5. The van der Waals surface area contributed by atoms with E-state index in [1.165, 1.54) is 0 Å². The van der Waals surface area contributed by atoms with E-state index in [1.807, 2.05) is 53.4 Å². The van der Waals surface area contributed by atoms with Crippen molar-refractivity contribution in [3.05, 3.63) is 59.7 Å². The monoisotopic (exact) mass is 524 g/mol. The fourth-order valence-corrected chi connectivity index (χ4v) is 5.29. The number of nitrogens with zero attached hydrogens (tertiary/aromatic N) is 2. The highest BCUT2D eigenvalue weighted by Crippen LogP contribution is 2.46. The second-order valence-electron chi connectivity index (χ2n) is 10.1. The molecule has 1 saturated heterocycles. The van der Waals surface area contributed by atoms with Crippen LogP contribution in [-0.2, 0) is 9.59 Å². The molecule has 0 bridgehead atoms. The van der Waals surface area contributed by atoms with Crippen LogP contribution in [-0.4, -0.2) is 66.7 Å². The third-order valence-electron chi connectivity index (χ3n) is 7.38. The molecule has 1 fully saturated rings. The van der Waals surface area contributed by atoms with Gasteiger partial charge < -0.3 is 19.5 Å². The minimum atomic E-state index is -0.856. The Labute approximate surface area is 227 Å². The molecule has 1 aliphatic rings. The van der Waals surface area contributed by atoms with Gasteiger partial charge in [0, 0.05) is 31.6 Å². The number of amides is 1. The van der Waals surface area contributed by atoms with Crippen LogP contribution in [0.25, 0.3) is 0 Å². The largest absolute Gasteiger partial charge is 0.497 e. The van der Waals surface area contributed by atoms with Crippen molar-refractivity contribution in [2.75, 3.05) is 39.9 Å². The van der Waals surface area contributed by atoms with Gasteiger partial charge in [-0.3, -0.25) is 14.5 Å². The van der Waals surface area contributed by atoms with E-state index < -0.39 is 17.9 Å². The van der Waals surface area contributed by atoms with Gasteiger partial charge in [0.05, 0.1) is 26.2 Å². The number of unbranched alkanes of at least 4 members (excludes halogenated alkanes) is 2. The zero-order chi connectivity index (χ0) is 27.5. The van der Waals surface area contributed by atoms with Crippen LogP contribution in [0, 0.1) is 5.92 Å². The molecule has 7 nitrogen and oxygen atoms in total. The van der Waals surface area contributed by atoms with Crippen molar-refractivity contribution in [3.63, 3.8) is 0 Å². The molecular weight excluding hydrogens is 480 g/mol. The minimum Gasteiger partial charge on any atom is -0.497 e. The summed E-state index contributed by atoms with van der Waals surface area (Å²) in [7, 11) is 1.61. The molecule has 0 saturated carbocycles. The van der Waals surface area contributed by atoms with Crippen LogP contribution >= 0.6 is 0 Å². The Hall–Kier alpha value is -3.06. The Kier molecular flexibility index (Phi) is 11.5. The number of benzene rings is 2. The van der Waals surface area contributed by atoms with E-state index in [0.717, 1.165) is 62.1 Å². The van der Waals surface area contributed by atoms with Crippen molar-refractivity contribution >= 4 is 11.9 Å². The Bertz CT molecular complexity index is 1000. The molecule has 7 heteroatoms. The summed E-state index contributed by atoms with van der Waals surface area (Å²) in [5.74, 6) is -0.248. The average Bonchev–Trinajstić information content (AvgIpc) is 3.31. The van der Waals surface area contributed by atoms with Crippen LogP contribution in [0.5, 0.6) is 11.5 Å². The SMILES string of the molecule is CCCCN(CCCC)C(=O)CN1CC(c2ccc(OCCC)cc2)C(C(=O)O)C1c1ccc(OC)cc1. The van der Waals surface area contributed by atoms with Crippen LogP contribution < -0.4 is 9.47 Å². The van der Waals surface area contributed by atoms with Gasteiger partial charge in [-0.1, -0.05) is 57.9 Å². The lowest BCUT2D eigenvalue weighted by molar-refractivity contribution is -0.144. The third kappa shape index (κ3) is 7.50. The van der Waals surface area contributed by atoms with Crippen molar-refractivity contribution in [2.24, 2.45) is 5.92 Å². The molecule has 1 heterocycles. The summed E-state index contributed by atoms with van der Waals surface area (Å²) in [4.78, 5) is 30.4. The highest BCUT2D eigenvalue weighted by molar-refractivity contribution is 5.79. The van der Waals surface area contributed by atoms with Crippen LogP contribution in [0.15, 0.2) is 48.5 Å². The number of rotatable bonds is 15. The van der Waals surface area contributed by atoms with E-state index in [1.54, 1.807) is 7.11 Å². The standard InChI is InChI=1S/C31H44N2O5/c1-5-8-18-32(19-9-6-2)28(34)22-33-21-27(23-10-16-26(17-11-23)38-20-7-3)29(31(35)36)30(33)24-12-14-25(37-4)15-13-24/h10-17,27,29-30H,5-9,18-22H2,1-4H3,(H,35,36). The summed E-state index contributed by atoms with van der Waals surface area (Å²) >= 11 is 0. The number of aliphatic carboxylic acids is 1. The van der Waals surface area contributed by atoms with Gasteiger partial charge in [0.2, 0.25) is 5.91 Å². The number of hydrogen-bond donors (Lipinski definition) is 1. The summed E-state index contributed by atoms with van der Waals surface area (Å²) in [6.07, 6.45) is 4.89. The predicted molar refractivity (Wildman–Crippen MR) is 150 cm³/mol. The third-order valence-corrected chi connectivity index (χ3v) is 7.38. The normalized spacial score (nSPS) is 19.3. The Morgan fingerprint density at radius 1 is 0.895 bits per heavy atom. The molecule has 2 aromatic rings. The van der Waals surface area contributed by atoms with Crippen LogP contribution in [0.2, 0.25) is 0 Å². The molecule has 0 spiro atoms. The van der Waals surface area contributed by atoms with Gasteiger partial charge in [0.25, 0.3) is 0 Å². The second kappa shape index (κ2) is 14.8. The van der Waals surface area contributed by atoms with Crippen molar-refractivity contribution < 1.29 is 24.2 Å². The van der Waals surface area contributed by atoms with E-state index in [4.69, 9.17) is 9.47 Å². The Morgan fingerprint density at radius 3 is 2.00 bits per heavy atom.